The fraction of sp³-hybridized carbons (Fsp3) is 1.00. The number of hydrogen-bond donors (Lipinski definition) is 1. The van der Waals surface area contributed by atoms with E-state index in [-0.39, 0.29) is 0 Å². The Morgan fingerprint density at radius 1 is 1.43 bits per heavy atom. The van der Waals surface area contributed by atoms with Gasteiger partial charge in [0.1, 0.15) is 0 Å². The average molecular weight is 218 g/mol. The van der Waals surface area contributed by atoms with E-state index in [1.165, 1.54) is 25.8 Å². The summed E-state index contributed by atoms with van der Waals surface area (Å²) in [7, 11) is 4.24. The van der Waals surface area contributed by atoms with E-state index in [0.717, 1.165) is 6.54 Å². The van der Waals surface area contributed by atoms with E-state index in [9.17, 15) is 0 Å². The predicted octanol–water partition coefficient (Wildman–Crippen LogP) is 2.66. The van der Waals surface area contributed by atoms with E-state index in [0.29, 0.717) is 5.54 Å². The Balaban J connectivity index is 0.000000791. The highest BCUT2D eigenvalue weighted by atomic mass is 32.1. The Labute approximate surface area is 95.2 Å². The van der Waals surface area contributed by atoms with Crippen molar-refractivity contribution < 1.29 is 0 Å². The average Bonchev–Trinajstić information content (AvgIpc) is 2.48. The smallest absolute Gasteiger partial charge is 0.0191 e. The quantitative estimate of drug-likeness (QED) is 0.728. The standard InChI is InChI=1S/C9H20N2S.C2H6/c1-9(6-8-11(3)12)5-4-7-10(9)2;1-2/h12H,4-8H2,1-3H3;1-2H3. The molecule has 2 nitrogen and oxygen atoms in total. The summed E-state index contributed by atoms with van der Waals surface area (Å²) < 4.78 is 1.97. The lowest BCUT2D eigenvalue weighted by Crippen LogP contribution is -2.39. The van der Waals surface area contributed by atoms with Crippen molar-refractivity contribution in [2.24, 2.45) is 0 Å². The molecule has 3 heteroatoms. The second-order valence-corrected chi connectivity index (χ2v) is 4.84. The molecule has 1 saturated heterocycles. The minimum absolute atomic E-state index is 0.428. The van der Waals surface area contributed by atoms with E-state index in [1.807, 2.05) is 25.2 Å². The molecule has 0 N–H and O–H groups in total. The van der Waals surface area contributed by atoms with Crippen LogP contribution in [0.1, 0.15) is 40.0 Å². The predicted molar refractivity (Wildman–Crippen MR) is 67.9 cm³/mol. The van der Waals surface area contributed by atoms with E-state index >= 15 is 0 Å². The van der Waals surface area contributed by atoms with Gasteiger partial charge in [-0.2, -0.15) is 0 Å². The van der Waals surface area contributed by atoms with Gasteiger partial charge in [0.15, 0.2) is 0 Å². The molecule has 0 radical (unpaired) electrons. The highest BCUT2D eigenvalue weighted by Gasteiger charge is 2.33. The molecule has 0 aromatic rings. The van der Waals surface area contributed by atoms with E-state index < -0.39 is 0 Å². The number of rotatable bonds is 3. The molecule has 0 aromatic carbocycles. The minimum atomic E-state index is 0.428. The van der Waals surface area contributed by atoms with Crippen LogP contribution in [0, 0.1) is 0 Å². The van der Waals surface area contributed by atoms with Crippen LogP contribution < -0.4 is 0 Å². The van der Waals surface area contributed by atoms with Crippen LogP contribution in [0.2, 0.25) is 0 Å². The van der Waals surface area contributed by atoms with Gasteiger partial charge in [-0.1, -0.05) is 26.7 Å². The maximum Gasteiger partial charge on any atom is 0.0191 e. The molecule has 0 aliphatic carbocycles. The molecular formula is C11H26N2S. The summed E-state index contributed by atoms with van der Waals surface area (Å²) in [4.78, 5) is 2.48. The fourth-order valence-corrected chi connectivity index (χ4v) is 1.98. The van der Waals surface area contributed by atoms with Crippen molar-refractivity contribution in [1.29, 1.82) is 0 Å². The zero-order valence-corrected chi connectivity index (χ0v) is 11.3. The molecule has 0 saturated carbocycles. The molecule has 0 amide bonds. The summed E-state index contributed by atoms with van der Waals surface area (Å²) in [5.41, 5.74) is 0.428. The Kier molecular flexibility index (Phi) is 6.83. The first-order chi connectivity index (χ1) is 6.54. The number of likely N-dealkylation sites (tertiary alicyclic amines) is 1. The molecule has 1 aliphatic heterocycles. The fourth-order valence-electron chi connectivity index (χ4n) is 1.88. The van der Waals surface area contributed by atoms with Gasteiger partial charge in [-0.15, -0.1) is 0 Å². The summed E-state index contributed by atoms with van der Waals surface area (Å²) in [6.45, 7) is 8.69. The van der Waals surface area contributed by atoms with Crippen molar-refractivity contribution in [3.05, 3.63) is 0 Å². The molecule has 0 spiro atoms. The van der Waals surface area contributed by atoms with Crippen LogP contribution >= 0.6 is 12.8 Å². The first-order valence-electron chi connectivity index (χ1n) is 5.66. The highest BCUT2D eigenvalue weighted by Crippen LogP contribution is 2.30. The van der Waals surface area contributed by atoms with Gasteiger partial charge in [-0.3, -0.25) is 4.31 Å². The summed E-state index contributed by atoms with van der Waals surface area (Å²) in [5, 5.41) is 0. The number of hydrogen-bond acceptors (Lipinski definition) is 3. The molecule has 86 valence electrons. The Bertz CT molecular complexity index is 150. The molecule has 1 unspecified atom stereocenters. The van der Waals surface area contributed by atoms with Crippen LogP contribution in [-0.4, -0.2) is 41.9 Å². The van der Waals surface area contributed by atoms with Crippen LogP contribution in [-0.2, 0) is 0 Å². The third-order valence-electron chi connectivity index (χ3n) is 3.10. The molecular weight excluding hydrogens is 192 g/mol. The highest BCUT2D eigenvalue weighted by molar-refractivity contribution is 7.77. The van der Waals surface area contributed by atoms with Crippen LogP contribution in [0.25, 0.3) is 0 Å². The van der Waals surface area contributed by atoms with Gasteiger partial charge < -0.3 is 4.90 Å². The molecule has 1 rings (SSSR count). The Morgan fingerprint density at radius 2 is 2.00 bits per heavy atom. The Hall–Kier alpha value is 0.270. The van der Waals surface area contributed by atoms with E-state index in [4.69, 9.17) is 0 Å². The maximum atomic E-state index is 4.25. The second kappa shape index (κ2) is 6.70. The van der Waals surface area contributed by atoms with Crippen molar-refractivity contribution in [2.45, 2.75) is 45.6 Å². The summed E-state index contributed by atoms with van der Waals surface area (Å²) >= 11 is 4.25. The lowest BCUT2D eigenvalue weighted by Gasteiger charge is -2.33. The largest absolute Gasteiger partial charge is 0.301 e. The van der Waals surface area contributed by atoms with Gasteiger partial charge in [0.25, 0.3) is 0 Å². The topological polar surface area (TPSA) is 6.48 Å². The second-order valence-electron chi connectivity index (χ2n) is 4.15. The van der Waals surface area contributed by atoms with Gasteiger partial charge in [0, 0.05) is 12.1 Å². The van der Waals surface area contributed by atoms with Gasteiger partial charge in [0.2, 0.25) is 0 Å². The first-order valence-corrected chi connectivity index (χ1v) is 6.06. The zero-order chi connectivity index (χ0) is 11.2. The minimum Gasteiger partial charge on any atom is -0.301 e. The SMILES string of the molecule is CC.CN(S)CCC1(C)CCCN1C. The molecule has 0 aromatic heterocycles. The maximum absolute atomic E-state index is 4.25. The molecule has 1 heterocycles. The van der Waals surface area contributed by atoms with Crippen molar-refractivity contribution in [2.75, 3.05) is 27.2 Å². The molecule has 1 atom stereocenters. The zero-order valence-electron chi connectivity index (χ0n) is 10.4. The normalized spacial score (nSPS) is 27.6. The van der Waals surface area contributed by atoms with Gasteiger partial charge in [-0.25, -0.2) is 0 Å². The summed E-state index contributed by atoms with van der Waals surface area (Å²) in [6, 6.07) is 0. The van der Waals surface area contributed by atoms with Crippen molar-refractivity contribution in [3.8, 4) is 0 Å². The first kappa shape index (κ1) is 14.3. The van der Waals surface area contributed by atoms with Crippen molar-refractivity contribution in [3.63, 3.8) is 0 Å². The molecule has 1 aliphatic rings. The van der Waals surface area contributed by atoms with Crippen molar-refractivity contribution in [1.82, 2.24) is 9.21 Å². The third-order valence-corrected chi connectivity index (χ3v) is 3.30. The molecule has 1 fully saturated rings. The van der Waals surface area contributed by atoms with Crippen molar-refractivity contribution >= 4 is 12.8 Å². The summed E-state index contributed by atoms with van der Waals surface area (Å²) in [6.07, 6.45) is 3.91. The third kappa shape index (κ3) is 4.20. The molecule has 0 bridgehead atoms. The molecule has 14 heavy (non-hydrogen) atoms. The van der Waals surface area contributed by atoms with Crippen LogP contribution in [0.5, 0.6) is 0 Å². The van der Waals surface area contributed by atoms with E-state index in [2.05, 4.69) is 31.7 Å². The Morgan fingerprint density at radius 3 is 2.36 bits per heavy atom. The lowest BCUT2D eigenvalue weighted by molar-refractivity contribution is 0.175. The van der Waals surface area contributed by atoms with Gasteiger partial charge >= 0.3 is 0 Å². The van der Waals surface area contributed by atoms with Crippen LogP contribution in [0.3, 0.4) is 0 Å². The van der Waals surface area contributed by atoms with Gasteiger partial charge in [0.05, 0.1) is 0 Å². The van der Waals surface area contributed by atoms with Gasteiger partial charge in [-0.05, 0) is 46.8 Å². The van der Waals surface area contributed by atoms with E-state index in [1.54, 1.807) is 0 Å². The summed E-state index contributed by atoms with van der Waals surface area (Å²) in [5.74, 6) is 0. The number of nitrogens with zero attached hydrogens (tertiary/aromatic N) is 2. The lowest BCUT2D eigenvalue weighted by atomic mass is 9.95. The number of thiol groups is 1. The van der Waals surface area contributed by atoms with Crippen LogP contribution in [0.4, 0.5) is 0 Å². The monoisotopic (exact) mass is 218 g/mol. The van der Waals surface area contributed by atoms with Crippen LogP contribution in [0.15, 0.2) is 0 Å².